The van der Waals surface area contributed by atoms with Crippen molar-refractivity contribution in [3.63, 3.8) is 0 Å². The van der Waals surface area contributed by atoms with E-state index < -0.39 is 0 Å². The Morgan fingerprint density at radius 3 is 2.38 bits per heavy atom. The number of hydrogen-bond donors (Lipinski definition) is 1. The van der Waals surface area contributed by atoms with Gasteiger partial charge in [0.25, 0.3) is 0 Å². The molecule has 6 aromatic rings. The number of pyridine rings is 2. The number of nitrogens with zero attached hydrogens (tertiary/aromatic N) is 6. The van der Waals surface area contributed by atoms with Gasteiger partial charge in [-0.05, 0) is 52.9 Å². The van der Waals surface area contributed by atoms with Crippen molar-refractivity contribution in [1.29, 1.82) is 0 Å². The first-order valence-corrected chi connectivity index (χ1v) is 13.4. The molecule has 0 spiro atoms. The number of fused-ring (bicyclic) bond motifs is 5. The van der Waals surface area contributed by atoms with Crippen LogP contribution in [-0.4, -0.2) is 49.4 Å². The van der Waals surface area contributed by atoms with Gasteiger partial charge in [0.1, 0.15) is 11.6 Å². The van der Waals surface area contributed by atoms with Crippen molar-refractivity contribution < 1.29 is 4.74 Å². The standard InChI is InChI=1S/C31H33N7O/c1-6-28-35-36-30-37(23-11-9-22(10-12-23)31(2,3)4)29-24-17-20(7-13-25(24)33-19-26(29)38(28)30)21-8-14-27(34-18-21)32-15-16-39-5/h7-14,17-19H,6,15-16H2,1-5H3,(H,32,34). The van der Waals surface area contributed by atoms with Crippen molar-refractivity contribution in [2.24, 2.45) is 0 Å². The summed E-state index contributed by atoms with van der Waals surface area (Å²) in [4.78, 5) is 9.43. The maximum Gasteiger partial charge on any atom is 0.241 e. The average Bonchev–Trinajstić information content (AvgIpc) is 3.51. The highest BCUT2D eigenvalue weighted by Crippen LogP contribution is 2.34. The summed E-state index contributed by atoms with van der Waals surface area (Å²) in [6.45, 7) is 10.1. The van der Waals surface area contributed by atoms with Gasteiger partial charge >= 0.3 is 0 Å². The molecule has 39 heavy (non-hydrogen) atoms. The zero-order chi connectivity index (χ0) is 27.1. The zero-order valence-electron chi connectivity index (χ0n) is 23.1. The van der Waals surface area contributed by atoms with E-state index in [9.17, 15) is 0 Å². The molecule has 4 aromatic heterocycles. The van der Waals surface area contributed by atoms with Gasteiger partial charge in [-0.25, -0.2) is 4.98 Å². The first-order chi connectivity index (χ1) is 18.9. The van der Waals surface area contributed by atoms with Crippen LogP contribution in [0.2, 0.25) is 0 Å². The molecule has 198 valence electrons. The topological polar surface area (TPSA) is 82.2 Å². The highest BCUT2D eigenvalue weighted by molar-refractivity contribution is 6.06. The maximum atomic E-state index is 5.12. The number of nitrogens with one attached hydrogen (secondary N) is 1. The molecule has 1 N–H and O–H groups in total. The lowest BCUT2D eigenvalue weighted by Crippen LogP contribution is -2.10. The summed E-state index contributed by atoms with van der Waals surface area (Å²) in [5.41, 5.74) is 7.51. The van der Waals surface area contributed by atoms with Gasteiger partial charge in [0.2, 0.25) is 5.78 Å². The fraction of sp³-hybridized carbons (Fsp3) is 0.290. The molecule has 0 saturated carbocycles. The van der Waals surface area contributed by atoms with Gasteiger partial charge in [0.05, 0.1) is 29.4 Å². The molecular formula is C31H33N7O. The van der Waals surface area contributed by atoms with Gasteiger partial charge in [-0.15, -0.1) is 10.2 Å². The van der Waals surface area contributed by atoms with E-state index in [1.54, 1.807) is 7.11 Å². The molecule has 0 radical (unpaired) electrons. The lowest BCUT2D eigenvalue weighted by Gasteiger charge is -2.19. The Kier molecular flexibility index (Phi) is 6.27. The van der Waals surface area contributed by atoms with Crippen LogP contribution in [0.5, 0.6) is 0 Å². The largest absolute Gasteiger partial charge is 0.383 e. The molecule has 8 heteroatoms. The molecule has 6 rings (SSSR count). The summed E-state index contributed by atoms with van der Waals surface area (Å²) in [5, 5.41) is 13.4. The van der Waals surface area contributed by atoms with Crippen LogP contribution in [0.1, 0.15) is 39.1 Å². The zero-order valence-corrected chi connectivity index (χ0v) is 23.1. The van der Waals surface area contributed by atoms with Crippen LogP contribution in [0.15, 0.2) is 67.0 Å². The molecule has 0 aliphatic rings. The van der Waals surface area contributed by atoms with Crippen molar-refractivity contribution in [3.05, 3.63) is 78.4 Å². The van der Waals surface area contributed by atoms with Crippen LogP contribution in [0, 0.1) is 0 Å². The first kappa shape index (κ1) is 25.0. The van der Waals surface area contributed by atoms with Crippen molar-refractivity contribution in [2.45, 2.75) is 39.5 Å². The number of methoxy groups -OCH3 is 1. The predicted octanol–water partition coefficient (Wildman–Crippen LogP) is 6.20. The molecule has 0 fully saturated rings. The van der Waals surface area contributed by atoms with Gasteiger partial charge in [-0.1, -0.05) is 45.9 Å². The molecule has 0 amide bonds. The van der Waals surface area contributed by atoms with Gasteiger partial charge in [-0.3, -0.25) is 14.0 Å². The Morgan fingerprint density at radius 2 is 1.69 bits per heavy atom. The average molecular weight is 520 g/mol. The summed E-state index contributed by atoms with van der Waals surface area (Å²) in [7, 11) is 1.69. The number of anilines is 1. The summed E-state index contributed by atoms with van der Waals surface area (Å²) < 4.78 is 9.46. The van der Waals surface area contributed by atoms with E-state index in [2.05, 4.69) is 106 Å². The van der Waals surface area contributed by atoms with E-state index in [0.29, 0.717) is 13.2 Å². The molecule has 0 saturated heterocycles. The summed E-state index contributed by atoms with van der Waals surface area (Å²) in [5.74, 6) is 2.53. The molecular weight excluding hydrogens is 486 g/mol. The fourth-order valence-electron chi connectivity index (χ4n) is 5.08. The Labute approximate surface area is 227 Å². The molecule has 0 aliphatic carbocycles. The highest BCUT2D eigenvalue weighted by Gasteiger charge is 2.21. The van der Waals surface area contributed by atoms with E-state index in [4.69, 9.17) is 9.72 Å². The molecule has 0 aliphatic heterocycles. The van der Waals surface area contributed by atoms with Crippen LogP contribution in [0.3, 0.4) is 0 Å². The molecule has 4 heterocycles. The highest BCUT2D eigenvalue weighted by atomic mass is 16.5. The second kappa shape index (κ2) is 9.78. The van der Waals surface area contributed by atoms with E-state index >= 15 is 0 Å². The van der Waals surface area contributed by atoms with Crippen LogP contribution < -0.4 is 5.32 Å². The van der Waals surface area contributed by atoms with E-state index in [0.717, 1.165) is 62.6 Å². The SMILES string of the molecule is CCc1nnc2n(-c3ccc(C(C)(C)C)cc3)c3c4cc(-c5ccc(NCCOC)nc5)ccc4ncc3n12. The van der Waals surface area contributed by atoms with Crippen molar-refractivity contribution in [3.8, 4) is 16.8 Å². The number of ether oxygens (including phenoxy) is 1. The van der Waals surface area contributed by atoms with Gasteiger partial charge in [0, 0.05) is 42.9 Å². The lowest BCUT2D eigenvalue weighted by atomic mass is 9.87. The van der Waals surface area contributed by atoms with Crippen molar-refractivity contribution >= 4 is 33.5 Å². The Bertz CT molecular complexity index is 1780. The summed E-state index contributed by atoms with van der Waals surface area (Å²) in [6.07, 6.45) is 4.62. The molecule has 2 aromatic carbocycles. The minimum absolute atomic E-state index is 0.0747. The number of imidazole rings is 1. The van der Waals surface area contributed by atoms with E-state index in [1.807, 2.05) is 18.5 Å². The van der Waals surface area contributed by atoms with Crippen LogP contribution in [0.25, 0.3) is 44.5 Å². The Hall–Kier alpha value is -4.30. The third-order valence-corrected chi connectivity index (χ3v) is 7.21. The second-order valence-corrected chi connectivity index (χ2v) is 10.8. The maximum absolute atomic E-state index is 5.12. The van der Waals surface area contributed by atoms with Crippen LogP contribution in [0.4, 0.5) is 5.82 Å². The minimum atomic E-state index is 0.0747. The third-order valence-electron chi connectivity index (χ3n) is 7.21. The Morgan fingerprint density at radius 1 is 0.897 bits per heavy atom. The van der Waals surface area contributed by atoms with E-state index in [-0.39, 0.29) is 5.41 Å². The number of aryl methyl sites for hydroxylation is 1. The number of rotatable bonds is 7. The quantitative estimate of drug-likeness (QED) is 0.253. The monoisotopic (exact) mass is 519 g/mol. The predicted molar refractivity (Wildman–Crippen MR) is 157 cm³/mol. The molecule has 0 atom stereocenters. The van der Waals surface area contributed by atoms with Gasteiger partial charge < -0.3 is 10.1 Å². The summed E-state index contributed by atoms with van der Waals surface area (Å²) in [6, 6.07) is 19.2. The molecule has 0 bridgehead atoms. The first-order valence-electron chi connectivity index (χ1n) is 13.4. The molecule has 0 unspecified atom stereocenters. The fourth-order valence-corrected chi connectivity index (χ4v) is 5.08. The van der Waals surface area contributed by atoms with Gasteiger partial charge in [0.15, 0.2) is 0 Å². The minimum Gasteiger partial charge on any atom is -0.383 e. The van der Waals surface area contributed by atoms with E-state index in [1.165, 1.54) is 5.56 Å². The van der Waals surface area contributed by atoms with Crippen molar-refractivity contribution in [1.82, 2.24) is 29.1 Å². The number of benzene rings is 2. The number of hydrogen-bond acceptors (Lipinski definition) is 6. The molecule has 8 nitrogen and oxygen atoms in total. The second-order valence-electron chi connectivity index (χ2n) is 10.8. The van der Waals surface area contributed by atoms with Crippen LogP contribution in [-0.2, 0) is 16.6 Å². The lowest BCUT2D eigenvalue weighted by molar-refractivity contribution is 0.210. The smallest absolute Gasteiger partial charge is 0.241 e. The van der Waals surface area contributed by atoms with Crippen molar-refractivity contribution in [2.75, 3.05) is 25.6 Å². The van der Waals surface area contributed by atoms with Crippen LogP contribution >= 0.6 is 0 Å². The number of aromatic nitrogens is 6. The normalized spacial score (nSPS) is 12.1. The summed E-state index contributed by atoms with van der Waals surface area (Å²) >= 11 is 0. The third kappa shape index (κ3) is 4.40. The Balaban J connectivity index is 1.54. The van der Waals surface area contributed by atoms with Gasteiger partial charge in [-0.2, -0.15) is 0 Å².